The van der Waals surface area contributed by atoms with Crippen molar-refractivity contribution in [2.45, 2.75) is 5.03 Å². The lowest BCUT2D eigenvalue weighted by molar-refractivity contribution is 0.498. The summed E-state index contributed by atoms with van der Waals surface area (Å²) < 4.78 is 68.1. The SMILES string of the molecule is O=S(=O)(Nc1ccc(Cl)c(-c2c(F)ccc(F)c2F)n1)c1ccccn1. The highest BCUT2D eigenvalue weighted by Gasteiger charge is 2.22. The summed E-state index contributed by atoms with van der Waals surface area (Å²) in [7, 11) is -4.08. The van der Waals surface area contributed by atoms with Crippen molar-refractivity contribution < 1.29 is 21.6 Å². The monoisotopic (exact) mass is 399 g/mol. The quantitative estimate of drug-likeness (QED) is 0.673. The average molecular weight is 400 g/mol. The van der Waals surface area contributed by atoms with E-state index in [1.165, 1.54) is 36.5 Å². The van der Waals surface area contributed by atoms with Crippen LogP contribution in [-0.4, -0.2) is 18.4 Å². The second-order valence-electron chi connectivity index (χ2n) is 5.02. The summed E-state index contributed by atoms with van der Waals surface area (Å²) in [5, 5.41) is -0.462. The molecule has 0 amide bonds. The Morgan fingerprint density at radius 2 is 1.69 bits per heavy atom. The van der Waals surface area contributed by atoms with Crippen LogP contribution in [0.5, 0.6) is 0 Å². The van der Waals surface area contributed by atoms with Gasteiger partial charge in [-0.2, -0.15) is 8.42 Å². The third kappa shape index (κ3) is 3.49. The van der Waals surface area contributed by atoms with Crippen LogP contribution in [-0.2, 0) is 10.0 Å². The van der Waals surface area contributed by atoms with E-state index in [1.807, 2.05) is 0 Å². The summed E-state index contributed by atoms with van der Waals surface area (Å²) >= 11 is 5.91. The highest BCUT2D eigenvalue weighted by Crippen LogP contribution is 2.32. The lowest BCUT2D eigenvalue weighted by atomic mass is 10.1. The maximum atomic E-state index is 14.0. The summed E-state index contributed by atoms with van der Waals surface area (Å²) in [5.41, 5.74) is -1.24. The van der Waals surface area contributed by atoms with Crippen molar-refractivity contribution in [2.24, 2.45) is 0 Å². The smallest absolute Gasteiger partial charge is 0.262 e. The summed E-state index contributed by atoms with van der Waals surface area (Å²) in [6, 6.07) is 7.98. The number of hydrogen-bond acceptors (Lipinski definition) is 4. The molecule has 0 unspecified atom stereocenters. The van der Waals surface area contributed by atoms with Crippen molar-refractivity contribution in [3.8, 4) is 11.3 Å². The lowest BCUT2D eigenvalue weighted by Gasteiger charge is -2.11. The molecule has 0 radical (unpaired) electrons. The Kier molecular flexibility index (Phi) is 4.84. The fraction of sp³-hybridized carbons (Fsp3) is 0. The highest BCUT2D eigenvalue weighted by molar-refractivity contribution is 7.92. The van der Waals surface area contributed by atoms with Gasteiger partial charge in [-0.1, -0.05) is 17.7 Å². The fourth-order valence-corrected chi connectivity index (χ4v) is 3.27. The van der Waals surface area contributed by atoms with Gasteiger partial charge >= 0.3 is 0 Å². The van der Waals surface area contributed by atoms with Crippen LogP contribution in [0.2, 0.25) is 5.02 Å². The van der Waals surface area contributed by atoms with Crippen molar-refractivity contribution in [1.29, 1.82) is 0 Å². The van der Waals surface area contributed by atoms with Crippen LogP contribution in [0.1, 0.15) is 0 Å². The molecule has 2 heterocycles. The van der Waals surface area contributed by atoms with E-state index in [0.29, 0.717) is 6.07 Å². The number of hydrogen-bond donors (Lipinski definition) is 1. The Bertz CT molecular complexity index is 1080. The van der Waals surface area contributed by atoms with E-state index in [9.17, 15) is 21.6 Å². The van der Waals surface area contributed by atoms with Gasteiger partial charge in [0.05, 0.1) is 16.3 Å². The second kappa shape index (κ2) is 6.93. The Hall–Kier alpha value is -2.65. The van der Waals surface area contributed by atoms with Crippen molar-refractivity contribution in [2.75, 3.05) is 4.72 Å². The number of benzene rings is 1. The molecule has 10 heteroatoms. The number of nitrogens with zero attached hydrogens (tertiary/aromatic N) is 2. The summed E-state index contributed by atoms with van der Waals surface area (Å²) in [6.45, 7) is 0. The van der Waals surface area contributed by atoms with Gasteiger partial charge in [0.25, 0.3) is 10.0 Å². The van der Waals surface area contributed by atoms with Crippen LogP contribution in [0.4, 0.5) is 19.0 Å². The zero-order valence-electron chi connectivity index (χ0n) is 12.7. The molecule has 3 aromatic rings. The summed E-state index contributed by atoms with van der Waals surface area (Å²) in [5.74, 6) is -4.14. The molecule has 0 fully saturated rings. The van der Waals surface area contributed by atoms with Crippen LogP contribution >= 0.6 is 11.6 Å². The average Bonchev–Trinajstić information content (AvgIpc) is 2.62. The van der Waals surface area contributed by atoms with Crippen molar-refractivity contribution in [3.63, 3.8) is 0 Å². The normalized spacial score (nSPS) is 11.4. The Labute approximate surface area is 151 Å². The zero-order chi connectivity index (χ0) is 18.9. The van der Waals surface area contributed by atoms with E-state index in [4.69, 9.17) is 11.6 Å². The van der Waals surface area contributed by atoms with Crippen LogP contribution in [0.15, 0.2) is 53.7 Å². The molecular weight excluding hydrogens is 391 g/mol. The molecule has 3 rings (SSSR count). The minimum Gasteiger partial charge on any atom is -0.262 e. The maximum absolute atomic E-state index is 14.0. The number of aromatic nitrogens is 2. The molecule has 0 saturated carbocycles. The summed E-state index contributed by atoms with van der Waals surface area (Å²) in [6.07, 6.45) is 1.28. The van der Waals surface area contributed by atoms with Crippen LogP contribution in [0.3, 0.4) is 0 Å². The number of sulfonamides is 1. The molecule has 0 atom stereocenters. The highest BCUT2D eigenvalue weighted by atomic mass is 35.5. The number of nitrogens with one attached hydrogen (secondary N) is 1. The molecule has 26 heavy (non-hydrogen) atoms. The van der Waals surface area contributed by atoms with E-state index in [0.717, 1.165) is 6.07 Å². The van der Waals surface area contributed by atoms with Gasteiger partial charge in [-0.3, -0.25) is 4.72 Å². The standard InChI is InChI=1S/C16H9ClF3N3O2S/c17-9-4-7-12(23-26(24,25)13-3-1-2-8-21-13)22-16(9)14-10(18)5-6-11(19)15(14)20/h1-8H,(H,22,23). The van der Waals surface area contributed by atoms with Gasteiger partial charge in [0.15, 0.2) is 16.7 Å². The van der Waals surface area contributed by atoms with E-state index < -0.39 is 38.7 Å². The number of anilines is 1. The maximum Gasteiger partial charge on any atom is 0.280 e. The molecule has 0 bridgehead atoms. The predicted octanol–water partition coefficient (Wildman–Crippen LogP) is 4.02. The first kappa shape index (κ1) is 18.2. The predicted molar refractivity (Wildman–Crippen MR) is 89.6 cm³/mol. The van der Waals surface area contributed by atoms with E-state index >= 15 is 0 Å². The molecule has 5 nitrogen and oxygen atoms in total. The van der Waals surface area contributed by atoms with Gasteiger partial charge in [-0.25, -0.2) is 23.1 Å². The van der Waals surface area contributed by atoms with Crippen LogP contribution in [0.25, 0.3) is 11.3 Å². The largest absolute Gasteiger partial charge is 0.280 e. The van der Waals surface area contributed by atoms with Crippen molar-refractivity contribution in [3.05, 3.63) is 71.1 Å². The summed E-state index contributed by atoms with van der Waals surface area (Å²) in [4.78, 5) is 7.53. The first-order chi connectivity index (χ1) is 12.3. The Morgan fingerprint density at radius 3 is 2.38 bits per heavy atom. The molecule has 1 N–H and O–H groups in total. The van der Waals surface area contributed by atoms with E-state index in [1.54, 1.807) is 0 Å². The topological polar surface area (TPSA) is 72.0 Å². The second-order valence-corrected chi connectivity index (χ2v) is 7.06. The first-order valence-electron chi connectivity index (χ1n) is 7.04. The van der Waals surface area contributed by atoms with Gasteiger partial charge < -0.3 is 0 Å². The molecule has 134 valence electrons. The molecule has 0 saturated heterocycles. The van der Waals surface area contributed by atoms with Crippen molar-refractivity contribution in [1.82, 2.24) is 9.97 Å². The third-order valence-electron chi connectivity index (χ3n) is 3.28. The van der Waals surface area contributed by atoms with Crippen LogP contribution < -0.4 is 4.72 Å². The van der Waals surface area contributed by atoms with E-state index in [-0.39, 0.29) is 15.9 Å². The van der Waals surface area contributed by atoms with Crippen LogP contribution in [0, 0.1) is 17.5 Å². The first-order valence-corrected chi connectivity index (χ1v) is 8.90. The molecule has 0 aliphatic rings. The van der Waals surface area contributed by atoms with Gasteiger partial charge in [0.2, 0.25) is 0 Å². The minimum atomic E-state index is -4.08. The fourth-order valence-electron chi connectivity index (χ4n) is 2.11. The van der Waals surface area contributed by atoms with Gasteiger partial charge in [0, 0.05) is 6.20 Å². The van der Waals surface area contributed by atoms with Gasteiger partial charge in [0.1, 0.15) is 11.6 Å². The van der Waals surface area contributed by atoms with E-state index in [2.05, 4.69) is 14.7 Å². The van der Waals surface area contributed by atoms with Crippen molar-refractivity contribution >= 4 is 27.4 Å². The van der Waals surface area contributed by atoms with Gasteiger partial charge in [-0.15, -0.1) is 0 Å². The molecule has 0 aliphatic carbocycles. The Morgan fingerprint density at radius 1 is 0.962 bits per heavy atom. The molecule has 1 aromatic carbocycles. The molecular formula is C16H9ClF3N3O2S. The lowest BCUT2D eigenvalue weighted by Crippen LogP contribution is -2.15. The number of halogens is 4. The molecule has 2 aromatic heterocycles. The number of rotatable bonds is 4. The van der Waals surface area contributed by atoms with Gasteiger partial charge in [-0.05, 0) is 36.4 Å². The molecule has 0 aliphatic heterocycles. The minimum absolute atomic E-state index is 0.186. The molecule has 0 spiro atoms. The Balaban J connectivity index is 2.06. The zero-order valence-corrected chi connectivity index (χ0v) is 14.3. The third-order valence-corrected chi connectivity index (χ3v) is 4.85. The number of pyridine rings is 2.